The molecule has 2 amide bonds. The van der Waals surface area contributed by atoms with E-state index in [1.54, 1.807) is 17.0 Å². The van der Waals surface area contributed by atoms with E-state index in [9.17, 15) is 18.4 Å². The molecular weight excluding hydrogens is 404 g/mol. The van der Waals surface area contributed by atoms with Crippen LogP contribution in [0.15, 0.2) is 48.8 Å². The molecule has 166 valence electrons. The third kappa shape index (κ3) is 4.89. The van der Waals surface area contributed by atoms with Crippen molar-refractivity contribution in [1.29, 1.82) is 0 Å². The molecule has 2 aliphatic heterocycles. The minimum atomic E-state index is -3.00. The monoisotopic (exact) mass is 431 g/mol. The second-order valence-electron chi connectivity index (χ2n) is 8.15. The lowest BCUT2D eigenvalue weighted by Gasteiger charge is -2.38. The van der Waals surface area contributed by atoms with Crippen LogP contribution in [0.3, 0.4) is 0 Å². The normalized spacial score (nSPS) is 20.2. The van der Waals surface area contributed by atoms with E-state index >= 15 is 0 Å². The van der Waals surface area contributed by atoms with E-state index < -0.39 is 6.61 Å². The zero-order valence-electron chi connectivity index (χ0n) is 17.3. The van der Waals surface area contributed by atoms with Crippen molar-refractivity contribution >= 4 is 11.8 Å². The van der Waals surface area contributed by atoms with Crippen molar-refractivity contribution in [2.75, 3.05) is 26.2 Å². The molecule has 1 aromatic carbocycles. The Hall–Kier alpha value is -2.90. The number of likely N-dealkylation sites (tertiary alicyclic amines) is 2. The maximum absolute atomic E-state index is 13.1. The second-order valence-corrected chi connectivity index (χ2v) is 8.15. The van der Waals surface area contributed by atoms with Gasteiger partial charge in [0, 0.05) is 44.6 Å². The molecule has 1 unspecified atom stereocenters. The highest BCUT2D eigenvalue weighted by molar-refractivity contribution is 5.97. The number of carbonyl (C=O) groups is 2. The zero-order chi connectivity index (χ0) is 21.8. The van der Waals surface area contributed by atoms with Crippen LogP contribution in [0.5, 0.6) is 5.75 Å². The summed E-state index contributed by atoms with van der Waals surface area (Å²) < 4.78 is 32.1. The summed E-state index contributed by atoms with van der Waals surface area (Å²) in [6, 6.07) is 10.4. The van der Waals surface area contributed by atoms with E-state index in [1.165, 1.54) is 12.1 Å². The molecule has 1 atom stereocenters. The van der Waals surface area contributed by atoms with Gasteiger partial charge in [0.2, 0.25) is 5.91 Å². The van der Waals surface area contributed by atoms with Crippen molar-refractivity contribution in [1.82, 2.24) is 14.4 Å². The van der Waals surface area contributed by atoms with Crippen LogP contribution >= 0.6 is 0 Å². The summed E-state index contributed by atoms with van der Waals surface area (Å²) in [5, 5.41) is 0. The quantitative estimate of drug-likeness (QED) is 0.724. The Bertz CT molecular complexity index is 895. The SMILES string of the molecule is O=C(c1ccccc1OC(F)F)N1CCCC(C(=O)N2CCC(n3cccc3)CC2)C1. The fraction of sp³-hybridized carbons (Fsp3) is 0.478. The minimum absolute atomic E-state index is 0.0839. The van der Waals surface area contributed by atoms with Gasteiger partial charge in [-0.25, -0.2) is 0 Å². The Kier molecular flexibility index (Phi) is 6.53. The maximum atomic E-state index is 13.1. The first kappa shape index (κ1) is 21.3. The van der Waals surface area contributed by atoms with Gasteiger partial charge in [-0.05, 0) is 49.9 Å². The average molecular weight is 431 g/mol. The van der Waals surface area contributed by atoms with Gasteiger partial charge in [-0.3, -0.25) is 9.59 Å². The number of para-hydroxylation sites is 1. The number of nitrogens with zero attached hydrogens (tertiary/aromatic N) is 3. The van der Waals surface area contributed by atoms with Crippen molar-refractivity contribution in [3.8, 4) is 5.75 Å². The largest absolute Gasteiger partial charge is 0.434 e. The molecule has 1 aromatic heterocycles. The number of alkyl halides is 2. The summed E-state index contributed by atoms with van der Waals surface area (Å²) in [5.74, 6) is -0.687. The van der Waals surface area contributed by atoms with E-state index in [-0.39, 0.29) is 29.0 Å². The van der Waals surface area contributed by atoms with Gasteiger partial charge in [-0.15, -0.1) is 0 Å². The second kappa shape index (κ2) is 9.49. The number of aromatic nitrogens is 1. The molecule has 2 aromatic rings. The maximum Gasteiger partial charge on any atom is 0.387 e. The highest BCUT2D eigenvalue weighted by atomic mass is 19.3. The molecule has 8 heteroatoms. The van der Waals surface area contributed by atoms with Crippen LogP contribution in [-0.4, -0.2) is 59.0 Å². The number of piperidine rings is 2. The molecule has 0 radical (unpaired) electrons. The number of hydrogen-bond donors (Lipinski definition) is 0. The Labute approximate surface area is 180 Å². The topological polar surface area (TPSA) is 54.8 Å². The predicted molar refractivity (Wildman–Crippen MR) is 111 cm³/mol. The van der Waals surface area contributed by atoms with Gasteiger partial charge in [-0.2, -0.15) is 8.78 Å². The van der Waals surface area contributed by atoms with Crippen LogP contribution in [0, 0.1) is 5.92 Å². The van der Waals surface area contributed by atoms with Crippen molar-refractivity contribution in [3.63, 3.8) is 0 Å². The Balaban J connectivity index is 1.37. The standard InChI is InChI=1S/C23H27F2N3O3/c24-23(25)31-20-8-2-1-7-19(20)22(30)28-13-5-6-17(16-28)21(29)27-14-9-18(10-15-27)26-11-3-4-12-26/h1-4,7-8,11-12,17-18,23H,5-6,9-10,13-16H2. The first-order chi connectivity index (χ1) is 15.0. The van der Waals surface area contributed by atoms with E-state index in [0.717, 1.165) is 19.3 Å². The third-order valence-electron chi connectivity index (χ3n) is 6.22. The Morgan fingerprint density at radius 1 is 0.935 bits per heavy atom. The summed E-state index contributed by atoms with van der Waals surface area (Å²) in [7, 11) is 0. The third-order valence-corrected chi connectivity index (χ3v) is 6.22. The van der Waals surface area contributed by atoms with Gasteiger partial charge in [0.15, 0.2) is 0 Å². The first-order valence-corrected chi connectivity index (χ1v) is 10.8. The lowest BCUT2D eigenvalue weighted by molar-refractivity contribution is -0.138. The molecule has 0 bridgehead atoms. The molecule has 0 N–H and O–H groups in total. The number of amides is 2. The number of halogens is 2. The fourth-order valence-corrected chi connectivity index (χ4v) is 4.61. The van der Waals surface area contributed by atoms with E-state index in [0.29, 0.717) is 38.6 Å². The number of rotatable bonds is 5. The molecule has 6 nitrogen and oxygen atoms in total. The highest BCUT2D eigenvalue weighted by Gasteiger charge is 2.34. The van der Waals surface area contributed by atoms with Crippen molar-refractivity contribution in [2.45, 2.75) is 38.3 Å². The number of ether oxygens (including phenoxy) is 1. The van der Waals surface area contributed by atoms with Crippen molar-refractivity contribution in [2.24, 2.45) is 5.92 Å². The molecular formula is C23H27F2N3O3. The first-order valence-electron chi connectivity index (χ1n) is 10.8. The number of carbonyl (C=O) groups excluding carboxylic acids is 2. The van der Waals surface area contributed by atoms with Crippen LogP contribution in [0.4, 0.5) is 8.78 Å². The van der Waals surface area contributed by atoms with Crippen molar-refractivity contribution in [3.05, 3.63) is 54.4 Å². The van der Waals surface area contributed by atoms with Gasteiger partial charge in [0.25, 0.3) is 5.91 Å². The highest BCUT2D eigenvalue weighted by Crippen LogP contribution is 2.28. The molecule has 2 saturated heterocycles. The van der Waals surface area contributed by atoms with Crippen molar-refractivity contribution < 1.29 is 23.1 Å². The summed E-state index contributed by atoms with van der Waals surface area (Å²) in [6.45, 7) is -0.785. The summed E-state index contributed by atoms with van der Waals surface area (Å²) in [6.07, 6.45) is 7.38. The summed E-state index contributed by atoms with van der Waals surface area (Å²) in [4.78, 5) is 29.6. The molecule has 2 fully saturated rings. The van der Waals surface area contributed by atoms with Gasteiger partial charge >= 0.3 is 6.61 Å². The smallest absolute Gasteiger partial charge is 0.387 e. The predicted octanol–water partition coefficient (Wildman–Crippen LogP) is 3.81. The van der Waals surface area contributed by atoms with Gasteiger partial charge in [-0.1, -0.05) is 12.1 Å². The van der Waals surface area contributed by atoms with Crippen LogP contribution in [0.2, 0.25) is 0 Å². The zero-order valence-corrected chi connectivity index (χ0v) is 17.3. The van der Waals surface area contributed by atoms with Gasteiger partial charge < -0.3 is 19.1 Å². The van der Waals surface area contributed by atoms with E-state index in [4.69, 9.17) is 0 Å². The summed E-state index contributed by atoms with van der Waals surface area (Å²) >= 11 is 0. The minimum Gasteiger partial charge on any atom is -0.434 e. The van der Waals surface area contributed by atoms with Gasteiger partial charge in [0.1, 0.15) is 5.75 Å². The molecule has 4 rings (SSSR count). The summed E-state index contributed by atoms with van der Waals surface area (Å²) in [5.41, 5.74) is 0.100. The Morgan fingerprint density at radius 3 is 2.35 bits per heavy atom. The lowest BCUT2D eigenvalue weighted by atomic mass is 9.94. The van der Waals surface area contributed by atoms with E-state index in [2.05, 4.69) is 21.7 Å². The molecule has 0 spiro atoms. The Morgan fingerprint density at radius 2 is 1.65 bits per heavy atom. The van der Waals surface area contributed by atoms with Crippen LogP contribution in [-0.2, 0) is 4.79 Å². The molecule has 0 saturated carbocycles. The molecule has 31 heavy (non-hydrogen) atoms. The number of benzene rings is 1. The lowest BCUT2D eigenvalue weighted by Crippen LogP contribution is -2.48. The van der Waals surface area contributed by atoms with Crippen LogP contribution < -0.4 is 4.74 Å². The molecule has 3 heterocycles. The fourth-order valence-electron chi connectivity index (χ4n) is 4.61. The number of hydrogen-bond acceptors (Lipinski definition) is 3. The molecule has 0 aliphatic carbocycles. The van der Waals surface area contributed by atoms with Crippen LogP contribution in [0.25, 0.3) is 0 Å². The van der Waals surface area contributed by atoms with Gasteiger partial charge in [0.05, 0.1) is 11.5 Å². The van der Waals surface area contributed by atoms with Crippen LogP contribution in [0.1, 0.15) is 42.1 Å². The molecule has 2 aliphatic rings. The van der Waals surface area contributed by atoms with E-state index in [1.807, 2.05) is 17.0 Å². The average Bonchev–Trinajstić information content (AvgIpc) is 3.33.